The first kappa shape index (κ1) is 6.91. The molecule has 0 aliphatic rings. The predicted molar refractivity (Wildman–Crippen MR) is 45.4 cm³/mol. The summed E-state index contributed by atoms with van der Waals surface area (Å²) in [5.74, 6) is -0.0637. The number of carbonyl (C=O) groups excluding carboxylic acids is 1. The van der Waals surface area contributed by atoms with Gasteiger partial charge in [0.15, 0.2) is 12.2 Å². The summed E-state index contributed by atoms with van der Waals surface area (Å²) in [6, 6.07) is 7.26. The van der Waals surface area contributed by atoms with Crippen LogP contribution in [0.1, 0.15) is 10.4 Å². The maximum Gasteiger partial charge on any atom is 0.200 e. The molecule has 1 aromatic carbocycles. The molecule has 0 aliphatic heterocycles. The van der Waals surface area contributed by atoms with Crippen LogP contribution < -0.4 is 0 Å². The number of hydrogen-bond acceptors (Lipinski definition) is 2. The molecule has 0 amide bonds. The second-order valence-electron chi connectivity index (χ2n) is 2.55. The first-order valence-electron chi connectivity index (χ1n) is 3.58. The van der Waals surface area contributed by atoms with Crippen molar-refractivity contribution in [2.24, 2.45) is 0 Å². The number of rotatable bonds is 1. The summed E-state index contributed by atoms with van der Waals surface area (Å²) in [5, 5.41) is 10.0. The summed E-state index contributed by atoms with van der Waals surface area (Å²) in [6.45, 7) is 0. The smallest absolute Gasteiger partial charge is 0.200 e. The average Bonchev–Trinajstić information content (AvgIpc) is 2.40. The molecule has 12 heavy (non-hydrogen) atoms. The molecule has 1 aromatic heterocycles. The zero-order valence-electron chi connectivity index (χ0n) is 6.24. The molecule has 0 saturated heterocycles. The van der Waals surface area contributed by atoms with E-state index in [0.29, 0.717) is 11.8 Å². The molecular weight excluding hydrogens is 154 g/mol. The topological polar surface area (TPSA) is 53.1 Å². The van der Waals surface area contributed by atoms with Crippen LogP contribution in [0, 0.1) is 0 Å². The molecule has 3 heteroatoms. The third-order valence-corrected chi connectivity index (χ3v) is 1.84. The molecule has 2 N–H and O–H groups in total. The molecule has 0 atom stereocenters. The third-order valence-electron chi connectivity index (χ3n) is 1.84. The van der Waals surface area contributed by atoms with Crippen LogP contribution in [0.5, 0.6) is 5.88 Å². The highest BCUT2D eigenvalue weighted by molar-refractivity contribution is 6.00. The fourth-order valence-corrected chi connectivity index (χ4v) is 1.27. The first-order chi connectivity index (χ1) is 5.83. The Morgan fingerprint density at radius 2 is 2.08 bits per heavy atom. The van der Waals surface area contributed by atoms with Crippen molar-refractivity contribution < 1.29 is 9.90 Å². The van der Waals surface area contributed by atoms with E-state index in [-0.39, 0.29) is 5.88 Å². The molecule has 2 aromatic rings. The van der Waals surface area contributed by atoms with Crippen molar-refractivity contribution in [3.8, 4) is 5.88 Å². The van der Waals surface area contributed by atoms with Crippen molar-refractivity contribution in [3.05, 3.63) is 29.8 Å². The molecule has 3 nitrogen and oxygen atoms in total. The van der Waals surface area contributed by atoms with Crippen LogP contribution in [0.3, 0.4) is 0 Å². The molecule has 0 spiro atoms. The first-order valence-corrected chi connectivity index (χ1v) is 3.58. The number of benzene rings is 1. The maximum absolute atomic E-state index is 10.5. The lowest BCUT2D eigenvalue weighted by Gasteiger charge is -1.86. The fourth-order valence-electron chi connectivity index (χ4n) is 1.27. The Kier molecular flexibility index (Phi) is 1.37. The van der Waals surface area contributed by atoms with Crippen LogP contribution >= 0.6 is 0 Å². The Morgan fingerprint density at radius 1 is 1.33 bits per heavy atom. The van der Waals surface area contributed by atoms with Crippen molar-refractivity contribution in [1.82, 2.24) is 4.98 Å². The minimum absolute atomic E-state index is 0.0637. The highest BCUT2D eigenvalue weighted by Crippen LogP contribution is 2.24. The summed E-state index contributed by atoms with van der Waals surface area (Å²) in [5.41, 5.74) is 1.10. The van der Waals surface area contributed by atoms with Crippen molar-refractivity contribution in [3.63, 3.8) is 0 Å². The van der Waals surface area contributed by atoms with Gasteiger partial charge in [0.25, 0.3) is 0 Å². The lowest BCUT2D eigenvalue weighted by molar-refractivity contribution is 0.112. The second kappa shape index (κ2) is 2.37. The van der Waals surface area contributed by atoms with E-state index in [1.165, 1.54) is 0 Å². The van der Waals surface area contributed by atoms with Gasteiger partial charge in [-0.1, -0.05) is 18.2 Å². The minimum Gasteiger partial charge on any atom is -0.494 e. The number of nitrogens with one attached hydrogen (secondary N) is 1. The van der Waals surface area contributed by atoms with Gasteiger partial charge >= 0.3 is 0 Å². The summed E-state index contributed by atoms with van der Waals surface area (Å²) in [7, 11) is 0. The van der Waals surface area contributed by atoms with Crippen molar-refractivity contribution in [1.29, 1.82) is 0 Å². The number of hydrogen-bond donors (Lipinski definition) is 2. The molecule has 0 radical (unpaired) electrons. The predicted octanol–water partition coefficient (Wildman–Crippen LogP) is 1.69. The van der Waals surface area contributed by atoms with Crippen molar-refractivity contribution >= 4 is 17.2 Å². The lowest BCUT2D eigenvalue weighted by Crippen LogP contribution is -1.74. The Bertz CT molecular complexity index is 431. The molecule has 0 saturated carbocycles. The van der Waals surface area contributed by atoms with Gasteiger partial charge < -0.3 is 10.1 Å². The third kappa shape index (κ3) is 0.797. The van der Waals surface area contributed by atoms with Crippen LogP contribution in [-0.2, 0) is 0 Å². The Morgan fingerprint density at radius 3 is 2.83 bits per heavy atom. The molecule has 0 aliphatic carbocycles. The van der Waals surface area contributed by atoms with Gasteiger partial charge in [0, 0.05) is 10.9 Å². The Balaban J connectivity index is 2.90. The van der Waals surface area contributed by atoms with E-state index in [1.54, 1.807) is 6.07 Å². The monoisotopic (exact) mass is 161 g/mol. The standard InChI is InChI=1S/C9H7NO2/c11-5-7-6-3-1-2-4-8(6)10-9(7)12/h1-5,10,12H. The largest absolute Gasteiger partial charge is 0.494 e. The second-order valence-corrected chi connectivity index (χ2v) is 2.55. The van der Waals surface area contributed by atoms with Crippen LogP contribution in [0.2, 0.25) is 0 Å². The van der Waals surface area contributed by atoms with Crippen molar-refractivity contribution in [2.45, 2.75) is 0 Å². The minimum atomic E-state index is -0.0637. The van der Waals surface area contributed by atoms with Gasteiger partial charge in [-0.15, -0.1) is 0 Å². The SMILES string of the molecule is O=Cc1c(O)[nH]c2ccccc12. The van der Waals surface area contributed by atoms with E-state index in [1.807, 2.05) is 18.2 Å². The average molecular weight is 161 g/mol. The van der Waals surface area contributed by atoms with Crippen LogP contribution in [0.25, 0.3) is 10.9 Å². The van der Waals surface area contributed by atoms with Gasteiger partial charge in [-0.3, -0.25) is 4.79 Å². The summed E-state index contributed by atoms with van der Waals surface area (Å²) in [6.07, 6.45) is 0.647. The molecular formula is C9H7NO2. The number of aromatic hydroxyl groups is 1. The molecule has 1 heterocycles. The molecule has 0 bridgehead atoms. The molecule has 0 unspecified atom stereocenters. The number of carbonyl (C=O) groups is 1. The van der Waals surface area contributed by atoms with Crippen LogP contribution in [0.4, 0.5) is 0 Å². The van der Waals surface area contributed by atoms with E-state index in [4.69, 9.17) is 0 Å². The summed E-state index contributed by atoms with van der Waals surface area (Å²) >= 11 is 0. The summed E-state index contributed by atoms with van der Waals surface area (Å²) < 4.78 is 0. The molecule has 0 fully saturated rings. The normalized spacial score (nSPS) is 10.3. The zero-order valence-corrected chi connectivity index (χ0v) is 6.24. The number of aromatic nitrogens is 1. The summed E-state index contributed by atoms with van der Waals surface area (Å²) in [4.78, 5) is 13.2. The molecule has 2 rings (SSSR count). The number of aldehydes is 1. The zero-order chi connectivity index (χ0) is 8.55. The Labute approximate surface area is 68.6 Å². The number of H-pyrrole nitrogens is 1. The van der Waals surface area contributed by atoms with E-state index in [2.05, 4.69) is 4.98 Å². The van der Waals surface area contributed by atoms with E-state index in [0.717, 1.165) is 10.9 Å². The number of para-hydroxylation sites is 1. The van der Waals surface area contributed by atoms with Gasteiger partial charge in [0.05, 0.1) is 5.56 Å². The molecule has 60 valence electrons. The maximum atomic E-state index is 10.5. The van der Waals surface area contributed by atoms with Gasteiger partial charge in [0.1, 0.15) is 0 Å². The fraction of sp³-hybridized carbons (Fsp3) is 0. The van der Waals surface area contributed by atoms with Crippen LogP contribution in [-0.4, -0.2) is 16.4 Å². The van der Waals surface area contributed by atoms with Crippen molar-refractivity contribution in [2.75, 3.05) is 0 Å². The van der Waals surface area contributed by atoms with Gasteiger partial charge in [0.2, 0.25) is 0 Å². The highest BCUT2D eigenvalue weighted by Gasteiger charge is 2.07. The van der Waals surface area contributed by atoms with Gasteiger partial charge in [-0.05, 0) is 6.07 Å². The number of aromatic amines is 1. The van der Waals surface area contributed by atoms with Gasteiger partial charge in [-0.25, -0.2) is 0 Å². The van der Waals surface area contributed by atoms with E-state index in [9.17, 15) is 9.90 Å². The van der Waals surface area contributed by atoms with Gasteiger partial charge in [-0.2, -0.15) is 0 Å². The quantitative estimate of drug-likeness (QED) is 0.625. The highest BCUT2D eigenvalue weighted by atomic mass is 16.3. The lowest BCUT2D eigenvalue weighted by atomic mass is 10.2. The number of fused-ring (bicyclic) bond motifs is 1. The Hall–Kier alpha value is -1.77. The van der Waals surface area contributed by atoms with E-state index >= 15 is 0 Å². The van der Waals surface area contributed by atoms with Crippen LogP contribution in [0.15, 0.2) is 24.3 Å². The van der Waals surface area contributed by atoms with E-state index < -0.39 is 0 Å².